The van der Waals surface area contributed by atoms with Crippen molar-refractivity contribution < 1.29 is 28.6 Å². The van der Waals surface area contributed by atoms with Crippen molar-refractivity contribution in [2.45, 2.75) is 12.6 Å². The van der Waals surface area contributed by atoms with E-state index in [0.717, 1.165) is 5.01 Å². The second-order valence-corrected chi connectivity index (χ2v) is 8.01. The van der Waals surface area contributed by atoms with Gasteiger partial charge in [0.1, 0.15) is 0 Å². The highest BCUT2D eigenvalue weighted by atomic mass is 31.2. The first-order valence-corrected chi connectivity index (χ1v) is 10.2. The molecule has 148 valence electrons. The Balaban J connectivity index is 1.54. The lowest BCUT2D eigenvalue weighted by molar-refractivity contribution is 0.0126. The molecule has 10 heteroatoms. The van der Waals surface area contributed by atoms with Crippen molar-refractivity contribution in [2.24, 2.45) is 10.8 Å². The van der Waals surface area contributed by atoms with E-state index in [9.17, 15) is 19.4 Å². The first kappa shape index (κ1) is 20.2. The van der Waals surface area contributed by atoms with Gasteiger partial charge in [-0.05, 0) is 24.3 Å². The normalized spacial score (nSPS) is 18.0. The molecule has 3 rings (SSSR count). The van der Waals surface area contributed by atoms with Gasteiger partial charge < -0.3 is 14.7 Å². The zero-order valence-electron chi connectivity index (χ0n) is 14.8. The van der Waals surface area contributed by atoms with Crippen LogP contribution >= 0.6 is 7.60 Å². The van der Waals surface area contributed by atoms with Gasteiger partial charge in [-0.25, -0.2) is 10.6 Å². The van der Waals surface area contributed by atoms with Crippen LogP contribution in [0.1, 0.15) is 16.8 Å². The lowest BCUT2D eigenvalue weighted by atomic mass is 10.1. The smallest absolute Gasteiger partial charge is 0.340 e. The van der Waals surface area contributed by atoms with Gasteiger partial charge >= 0.3 is 13.6 Å². The second kappa shape index (κ2) is 8.64. The van der Waals surface area contributed by atoms with Crippen LogP contribution in [-0.4, -0.2) is 40.9 Å². The van der Waals surface area contributed by atoms with Crippen LogP contribution in [0.5, 0.6) is 0 Å². The van der Waals surface area contributed by atoms with Gasteiger partial charge in [-0.2, -0.15) is 0 Å². The maximum absolute atomic E-state index is 12.2. The fourth-order valence-electron chi connectivity index (χ4n) is 2.61. The predicted octanol–water partition coefficient (Wildman–Crippen LogP) is 2.18. The van der Waals surface area contributed by atoms with Crippen LogP contribution in [0.3, 0.4) is 0 Å². The average Bonchev–Trinajstić information content (AvgIpc) is 2.70. The minimum atomic E-state index is -4.07. The van der Waals surface area contributed by atoms with Crippen LogP contribution in [0.15, 0.2) is 59.6 Å². The molecule has 0 radical (unpaired) electrons. The summed E-state index contributed by atoms with van der Waals surface area (Å²) in [5.41, 5.74) is 1.64. The molecular weight excluding hydrogens is 385 g/mol. The van der Waals surface area contributed by atoms with Crippen LogP contribution in [0, 0.1) is 0 Å². The number of rotatable bonds is 7. The third-order valence-electron chi connectivity index (χ3n) is 4.09. The number of para-hydroxylation sites is 2. The molecule has 0 bridgehead atoms. The Labute approximate surface area is 161 Å². The Morgan fingerprint density at radius 1 is 1.18 bits per heavy atom. The molecule has 9 nitrogen and oxygen atoms in total. The van der Waals surface area contributed by atoms with Crippen molar-refractivity contribution in [3.63, 3.8) is 0 Å². The van der Waals surface area contributed by atoms with E-state index in [0.29, 0.717) is 16.9 Å². The van der Waals surface area contributed by atoms with E-state index in [-0.39, 0.29) is 18.3 Å². The quantitative estimate of drug-likeness (QED) is 0.276. The topological polar surface area (TPSA) is 135 Å². The lowest BCUT2D eigenvalue weighted by Crippen LogP contribution is -2.48. The third kappa shape index (κ3) is 4.83. The number of nitrogens with zero attached hydrogens (tertiary/aromatic N) is 2. The van der Waals surface area contributed by atoms with Crippen LogP contribution in [-0.2, 0) is 13.8 Å². The van der Waals surface area contributed by atoms with Crippen molar-refractivity contribution in [2.75, 3.05) is 18.0 Å². The number of hydrazine groups is 1. The molecule has 4 N–H and O–H groups in total. The van der Waals surface area contributed by atoms with Gasteiger partial charge in [0.05, 0.1) is 28.8 Å². The van der Waals surface area contributed by atoms with Crippen molar-refractivity contribution in [1.29, 1.82) is 0 Å². The molecule has 2 aromatic carbocycles. The Kier molecular flexibility index (Phi) is 6.23. The van der Waals surface area contributed by atoms with Gasteiger partial charge in [0.15, 0.2) is 6.23 Å². The summed E-state index contributed by atoms with van der Waals surface area (Å²) in [5, 5.41) is 11.4. The van der Waals surface area contributed by atoms with Gasteiger partial charge in [0.2, 0.25) is 6.79 Å². The number of fused-ring (bicyclic) bond motifs is 1. The summed E-state index contributed by atoms with van der Waals surface area (Å²) in [6.45, 7) is -0.664. The molecule has 2 unspecified atom stereocenters. The van der Waals surface area contributed by atoms with E-state index < -0.39 is 26.6 Å². The van der Waals surface area contributed by atoms with E-state index in [1.165, 1.54) is 0 Å². The van der Waals surface area contributed by atoms with E-state index in [2.05, 4.69) is 4.99 Å². The van der Waals surface area contributed by atoms with E-state index in [4.69, 9.17) is 15.1 Å². The molecule has 1 aliphatic heterocycles. The monoisotopic (exact) mass is 405 g/mol. The minimum Gasteiger partial charge on any atom is -0.434 e. The number of anilines is 1. The summed E-state index contributed by atoms with van der Waals surface area (Å²) >= 11 is 0. The predicted molar refractivity (Wildman–Crippen MR) is 103 cm³/mol. The number of esters is 1. The second-order valence-electron chi connectivity index (χ2n) is 6.03. The molecule has 1 aliphatic rings. The third-order valence-corrected chi connectivity index (χ3v) is 5.39. The molecule has 0 aromatic heterocycles. The fraction of sp³-hybridized carbons (Fsp3) is 0.222. The highest BCUT2D eigenvalue weighted by Gasteiger charge is 2.29. The maximum atomic E-state index is 12.2. The molecule has 2 atom stereocenters. The Morgan fingerprint density at radius 3 is 2.61 bits per heavy atom. The van der Waals surface area contributed by atoms with E-state index in [1.54, 1.807) is 54.6 Å². The van der Waals surface area contributed by atoms with Crippen molar-refractivity contribution >= 4 is 30.7 Å². The van der Waals surface area contributed by atoms with E-state index >= 15 is 0 Å². The van der Waals surface area contributed by atoms with Crippen LogP contribution in [0.25, 0.3) is 0 Å². The van der Waals surface area contributed by atoms with Gasteiger partial charge in [-0.3, -0.25) is 19.1 Å². The summed E-state index contributed by atoms with van der Waals surface area (Å²) in [4.78, 5) is 26.0. The number of aliphatic hydroxyl groups excluding tert-OH is 1. The number of carbonyl (C=O) groups excluding carboxylic acids is 1. The molecule has 0 amide bonds. The average molecular weight is 405 g/mol. The summed E-state index contributed by atoms with van der Waals surface area (Å²) in [6, 6.07) is 15.2. The maximum Gasteiger partial charge on any atom is 0.340 e. The Bertz CT molecular complexity index is 921. The number of ether oxygens (including phenoxy) is 1. The number of hydrogen-bond donors (Lipinski definition) is 3. The number of nitrogens with two attached hydrogens (primary N) is 1. The van der Waals surface area contributed by atoms with Gasteiger partial charge in [0, 0.05) is 6.42 Å². The van der Waals surface area contributed by atoms with E-state index in [1.807, 2.05) is 0 Å². The summed E-state index contributed by atoms with van der Waals surface area (Å²) in [7, 11) is -4.07. The SMILES string of the molecule is NN1c2ccccc2N=C(CCP(=O)(O)OCOC(=O)c2ccccc2)C1O. The zero-order chi connectivity index (χ0) is 20.1. The largest absolute Gasteiger partial charge is 0.434 e. The number of carbonyl (C=O) groups is 1. The molecule has 0 fully saturated rings. The first-order chi connectivity index (χ1) is 13.4. The molecule has 0 saturated heterocycles. The minimum absolute atomic E-state index is 0.0242. The van der Waals surface area contributed by atoms with Gasteiger partial charge in [-0.15, -0.1) is 0 Å². The van der Waals surface area contributed by atoms with Crippen LogP contribution in [0.2, 0.25) is 0 Å². The highest BCUT2D eigenvalue weighted by molar-refractivity contribution is 7.52. The molecular formula is C18H20N3O6P. The van der Waals surface area contributed by atoms with Crippen LogP contribution < -0.4 is 10.9 Å². The Hall–Kier alpha value is -2.55. The Morgan fingerprint density at radius 2 is 1.86 bits per heavy atom. The lowest BCUT2D eigenvalue weighted by Gasteiger charge is -2.31. The van der Waals surface area contributed by atoms with Crippen molar-refractivity contribution in [3.05, 3.63) is 60.2 Å². The first-order valence-electron chi connectivity index (χ1n) is 8.44. The standard InChI is InChI=1S/C18H20N3O6P/c19-21-16-9-5-4-8-14(16)20-15(17(21)22)10-11-28(24,25)27-12-26-18(23)13-6-2-1-3-7-13/h1-9,17,22H,10-12,19H2,(H,24,25). The molecule has 28 heavy (non-hydrogen) atoms. The summed E-state index contributed by atoms with van der Waals surface area (Å²) in [6.07, 6.45) is -1.56. The fourth-order valence-corrected chi connectivity index (χ4v) is 3.47. The summed E-state index contributed by atoms with van der Waals surface area (Å²) < 4.78 is 21.8. The van der Waals surface area contributed by atoms with Crippen LogP contribution in [0.4, 0.5) is 11.4 Å². The molecule has 0 aliphatic carbocycles. The molecule has 0 saturated carbocycles. The number of aliphatic imine (C=N–C) groups is 1. The summed E-state index contributed by atoms with van der Waals surface area (Å²) in [5.74, 6) is 5.21. The number of hydrogen-bond acceptors (Lipinski definition) is 8. The highest BCUT2D eigenvalue weighted by Crippen LogP contribution is 2.43. The molecule has 1 heterocycles. The van der Waals surface area contributed by atoms with Gasteiger partial charge in [0.25, 0.3) is 0 Å². The molecule has 0 spiro atoms. The number of aliphatic hydroxyl groups is 1. The molecule has 2 aromatic rings. The van der Waals surface area contributed by atoms with Gasteiger partial charge in [-0.1, -0.05) is 30.3 Å². The van der Waals surface area contributed by atoms with Crippen molar-refractivity contribution in [1.82, 2.24) is 0 Å². The van der Waals surface area contributed by atoms with Crippen molar-refractivity contribution in [3.8, 4) is 0 Å². The number of benzene rings is 2. The zero-order valence-corrected chi connectivity index (χ0v) is 15.7.